The van der Waals surface area contributed by atoms with Gasteiger partial charge in [0.15, 0.2) is 12.1 Å². The van der Waals surface area contributed by atoms with E-state index in [-0.39, 0.29) is 12.0 Å². The third-order valence-corrected chi connectivity index (χ3v) is 5.07. The van der Waals surface area contributed by atoms with Gasteiger partial charge in [-0.25, -0.2) is 9.78 Å². The maximum Gasteiger partial charge on any atom is 0.410 e. The van der Waals surface area contributed by atoms with Crippen LogP contribution in [0.3, 0.4) is 0 Å². The number of likely N-dealkylation sites (tertiary alicyclic amines) is 1. The van der Waals surface area contributed by atoms with Crippen molar-refractivity contribution >= 4 is 12.0 Å². The number of carbonyl (C=O) groups excluding carboxylic acids is 2. The van der Waals surface area contributed by atoms with Gasteiger partial charge >= 0.3 is 6.09 Å². The Morgan fingerprint density at radius 1 is 1.35 bits per heavy atom. The number of hydrogen-bond acceptors (Lipinski definition) is 5. The molecule has 1 atom stereocenters. The second-order valence-electron chi connectivity index (χ2n) is 6.89. The number of nitrogens with zero attached hydrogens (tertiary/aromatic N) is 3. The monoisotopic (exact) mass is 319 g/mol. The first-order chi connectivity index (χ1) is 11.1. The zero-order chi connectivity index (χ0) is 16.0. The molecule has 1 aliphatic carbocycles. The van der Waals surface area contributed by atoms with Crippen molar-refractivity contribution in [2.45, 2.75) is 43.6 Å². The number of ether oxygens (including phenoxy) is 1. The molecular weight excluding hydrogens is 298 g/mol. The van der Waals surface area contributed by atoms with Crippen LogP contribution in [0.15, 0.2) is 10.8 Å². The predicted octanol–water partition coefficient (Wildman–Crippen LogP) is 2.00. The van der Waals surface area contributed by atoms with Crippen LogP contribution in [-0.2, 0) is 4.74 Å². The van der Waals surface area contributed by atoms with Crippen LogP contribution in [0.2, 0.25) is 0 Å². The molecule has 3 heterocycles. The van der Waals surface area contributed by atoms with Crippen molar-refractivity contribution in [1.82, 2.24) is 14.8 Å². The topological polar surface area (TPSA) is 75.9 Å². The summed E-state index contributed by atoms with van der Waals surface area (Å²) in [6.45, 7) is 1.85. The van der Waals surface area contributed by atoms with Crippen LogP contribution in [0.5, 0.6) is 0 Å². The molecule has 23 heavy (non-hydrogen) atoms. The average Bonchev–Trinajstić information content (AvgIpc) is 3.23. The second-order valence-corrected chi connectivity index (χ2v) is 6.89. The summed E-state index contributed by atoms with van der Waals surface area (Å²) in [4.78, 5) is 32.1. The lowest BCUT2D eigenvalue weighted by molar-refractivity contribution is 0.0438. The minimum absolute atomic E-state index is 0.0598. The van der Waals surface area contributed by atoms with Gasteiger partial charge in [-0.15, -0.1) is 0 Å². The molecule has 2 amide bonds. The Labute approximate surface area is 134 Å². The summed E-state index contributed by atoms with van der Waals surface area (Å²) >= 11 is 0. The Hall–Kier alpha value is -2.05. The highest BCUT2D eigenvalue weighted by Gasteiger charge is 2.45. The van der Waals surface area contributed by atoms with E-state index in [0.29, 0.717) is 37.7 Å². The zero-order valence-electron chi connectivity index (χ0n) is 13.3. The summed E-state index contributed by atoms with van der Waals surface area (Å²) in [6.07, 6.45) is 5.53. The van der Waals surface area contributed by atoms with Crippen LogP contribution in [0.4, 0.5) is 4.79 Å². The molecule has 3 aliphatic rings. The van der Waals surface area contributed by atoms with Crippen LogP contribution < -0.4 is 0 Å². The maximum absolute atomic E-state index is 12.8. The smallest absolute Gasteiger partial charge is 0.410 e. The van der Waals surface area contributed by atoms with Gasteiger partial charge in [0.25, 0.3) is 5.91 Å². The third kappa shape index (κ3) is 2.58. The molecule has 2 saturated heterocycles. The molecule has 4 rings (SSSR count). The van der Waals surface area contributed by atoms with E-state index in [9.17, 15) is 9.59 Å². The number of rotatable bonds is 2. The number of likely N-dealkylation sites (N-methyl/N-ethyl adjacent to an activating group) is 1. The zero-order valence-corrected chi connectivity index (χ0v) is 13.3. The van der Waals surface area contributed by atoms with Crippen LogP contribution >= 0.6 is 0 Å². The molecule has 0 unspecified atom stereocenters. The second kappa shape index (κ2) is 5.25. The molecule has 1 spiro atoms. The Morgan fingerprint density at radius 2 is 2.17 bits per heavy atom. The molecule has 1 aromatic rings. The SMILES string of the molecule is CN1C[C@@]2(CCCN(C(=O)c3ncoc3C3CC3)CC2)OC1=O. The fourth-order valence-electron chi connectivity index (χ4n) is 3.62. The van der Waals surface area contributed by atoms with Crippen LogP contribution in [0.25, 0.3) is 0 Å². The summed E-state index contributed by atoms with van der Waals surface area (Å²) < 4.78 is 11.0. The van der Waals surface area contributed by atoms with Crippen molar-refractivity contribution in [1.29, 1.82) is 0 Å². The molecule has 0 bridgehead atoms. The predicted molar refractivity (Wildman–Crippen MR) is 80.1 cm³/mol. The van der Waals surface area contributed by atoms with E-state index < -0.39 is 5.60 Å². The van der Waals surface area contributed by atoms with Crippen LogP contribution in [0.1, 0.15) is 54.3 Å². The van der Waals surface area contributed by atoms with Gasteiger partial charge in [-0.1, -0.05) is 0 Å². The van der Waals surface area contributed by atoms with Gasteiger partial charge in [0.2, 0.25) is 0 Å². The van der Waals surface area contributed by atoms with E-state index >= 15 is 0 Å². The lowest BCUT2D eigenvalue weighted by Gasteiger charge is -2.25. The van der Waals surface area contributed by atoms with Crippen LogP contribution in [0, 0.1) is 0 Å². The molecule has 0 radical (unpaired) electrons. The number of oxazole rings is 1. The minimum atomic E-state index is -0.440. The molecule has 2 aliphatic heterocycles. The first kappa shape index (κ1) is 14.5. The average molecular weight is 319 g/mol. The standard InChI is InChI=1S/C16H21N3O4/c1-18-9-16(23-15(18)21)5-2-7-19(8-6-16)14(20)12-13(11-3-4-11)22-10-17-12/h10-11H,2-9H2,1H3/t16-/m0/s1. The van der Waals surface area contributed by atoms with Crippen molar-refractivity contribution in [2.24, 2.45) is 0 Å². The minimum Gasteiger partial charge on any atom is -0.447 e. The van der Waals surface area contributed by atoms with Gasteiger partial charge in [-0.2, -0.15) is 0 Å². The molecular formula is C16H21N3O4. The highest BCUT2D eigenvalue weighted by atomic mass is 16.6. The normalized spacial score (nSPS) is 28.1. The summed E-state index contributed by atoms with van der Waals surface area (Å²) in [6, 6.07) is 0. The fraction of sp³-hybridized carbons (Fsp3) is 0.688. The lowest BCUT2D eigenvalue weighted by Crippen LogP contribution is -2.37. The van der Waals surface area contributed by atoms with E-state index in [2.05, 4.69) is 4.98 Å². The van der Waals surface area contributed by atoms with Gasteiger partial charge in [0, 0.05) is 32.5 Å². The van der Waals surface area contributed by atoms with E-state index in [1.807, 2.05) is 4.90 Å². The Morgan fingerprint density at radius 3 is 2.87 bits per heavy atom. The van der Waals surface area contributed by atoms with E-state index in [4.69, 9.17) is 9.15 Å². The van der Waals surface area contributed by atoms with Crippen molar-refractivity contribution in [3.05, 3.63) is 17.8 Å². The number of aromatic nitrogens is 1. The first-order valence-electron chi connectivity index (χ1n) is 8.25. The first-order valence-corrected chi connectivity index (χ1v) is 8.25. The van der Waals surface area contributed by atoms with Crippen molar-refractivity contribution in [2.75, 3.05) is 26.7 Å². The summed E-state index contributed by atoms with van der Waals surface area (Å²) in [5, 5.41) is 0. The molecule has 7 heteroatoms. The molecule has 0 aromatic carbocycles. The molecule has 3 fully saturated rings. The highest BCUT2D eigenvalue weighted by molar-refractivity contribution is 5.93. The van der Waals surface area contributed by atoms with Crippen LogP contribution in [-0.4, -0.2) is 59.1 Å². The van der Waals surface area contributed by atoms with E-state index in [0.717, 1.165) is 31.4 Å². The van der Waals surface area contributed by atoms with Gasteiger partial charge in [-0.3, -0.25) is 4.79 Å². The van der Waals surface area contributed by atoms with Gasteiger partial charge < -0.3 is 19.0 Å². The van der Waals surface area contributed by atoms with Gasteiger partial charge in [0.05, 0.1) is 6.54 Å². The summed E-state index contributed by atoms with van der Waals surface area (Å²) in [7, 11) is 1.75. The van der Waals surface area contributed by atoms with E-state index in [1.165, 1.54) is 6.39 Å². The van der Waals surface area contributed by atoms with Crippen molar-refractivity contribution in [3.8, 4) is 0 Å². The lowest BCUT2D eigenvalue weighted by atomic mass is 9.95. The third-order valence-electron chi connectivity index (χ3n) is 5.07. The summed E-state index contributed by atoms with van der Waals surface area (Å²) in [5.74, 6) is 1.04. The van der Waals surface area contributed by atoms with E-state index in [1.54, 1.807) is 11.9 Å². The number of amides is 2. The number of carbonyl (C=O) groups is 2. The van der Waals surface area contributed by atoms with Gasteiger partial charge in [0.1, 0.15) is 11.4 Å². The largest absolute Gasteiger partial charge is 0.447 e. The van der Waals surface area contributed by atoms with Crippen molar-refractivity contribution in [3.63, 3.8) is 0 Å². The van der Waals surface area contributed by atoms with Crippen molar-refractivity contribution < 1.29 is 18.7 Å². The number of hydrogen-bond donors (Lipinski definition) is 0. The quantitative estimate of drug-likeness (QED) is 0.833. The molecule has 124 valence electrons. The molecule has 7 nitrogen and oxygen atoms in total. The maximum atomic E-state index is 12.8. The molecule has 1 saturated carbocycles. The molecule has 1 aromatic heterocycles. The highest BCUT2D eigenvalue weighted by Crippen LogP contribution is 2.42. The fourth-order valence-corrected chi connectivity index (χ4v) is 3.62. The Kier molecular flexibility index (Phi) is 3.32. The Bertz CT molecular complexity index is 639. The van der Waals surface area contributed by atoms with Gasteiger partial charge in [-0.05, 0) is 25.7 Å². The summed E-state index contributed by atoms with van der Waals surface area (Å²) in [5.41, 5.74) is 0.0216. The Balaban J connectivity index is 1.47. The molecule has 0 N–H and O–H groups in total.